The first-order valence-corrected chi connectivity index (χ1v) is 8.07. The highest BCUT2D eigenvalue weighted by molar-refractivity contribution is 6.00. The second kappa shape index (κ2) is 4.60. The second-order valence-electron chi connectivity index (χ2n) is 6.38. The number of fused-ring (bicyclic) bond motifs is 4. The average Bonchev–Trinajstić information content (AvgIpc) is 3.12. The van der Waals surface area contributed by atoms with Gasteiger partial charge in [0.1, 0.15) is 0 Å². The summed E-state index contributed by atoms with van der Waals surface area (Å²) in [5, 5.41) is 1.35. The summed E-state index contributed by atoms with van der Waals surface area (Å²) in [5.74, 6) is 0. The van der Waals surface area contributed by atoms with Gasteiger partial charge in [0, 0.05) is 29.7 Å². The summed E-state index contributed by atoms with van der Waals surface area (Å²) in [6, 6.07) is 24.2. The molecule has 0 aliphatic heterocycles. The Bertz CT molecular complexity index is 1040. The predicted molar refractivity (Wildman–Crippen MR) is 96.6 cm³/mol. The van der Waals surface area contributed by atoms with Crippen LogP contribution in [0.3, 0.4) is 0 Å². The Morgan fingerprint density at radius 3 is 2.39 bits per heavy atom. The monoisotopic (exact) mass is 295 g/mol. The average molecular weight is 295 g/mol. The van der Waals surface area contributed by atoms with Crippen molar-refractivity contribution in [1.82, 2.24) is 4.57 Å². The van der Waals surface area contributed by atoms with Gasteiger partial charge in [-0.25, -0.2) is 0 Å². The molecule has 0 saturated carbocycles. The van der Waals surface area contributed by atoms with E-state index in [2.05, 4.69) is 84.5 Å². The maximum Gasteiger partial charge on any atom is 0.0490 e. The molecule has 5 rings (SSSR count). The highest BCUT2D eigenvalue weighted by Gasteiger charge is 2.20. The van der Waals surface area contributed by atoms with Crippen LogP contribution < -0.4 is 0 Å². The second-order valence-corrected chi connectivity index (χ2v) is 6.38. The SMILES string of the molecule is Cn1cc(-c2ccccc2)c2cc3c(cc21)-c1ccccc1C3. The molecule has 0 fully saturated rings. The molecule has 1 aliphatic carbocycles. The van der Waals surface area contributed by atoms with Gasteiger partial charge < -0.3 is 4.57 Å². The first-order chi connectivity index (χ1) is 11.3. The Morgan fingerprint density at radius 2 is 1.52 bits per heavy atom. The summed E-state index contributed by atoms with van der Waals surface area (Å²) in [4.78, 5) is 0. The Kier molecular flexibility index (Phi) is 2.54. The lowest BCUT2D eigenvalue weighted by atomic mass is 10.00. The van der Waals surface area contributed by atoms with E-state index in [1.54, 1.807) is 0 Å². The fourth-order valence-electron chi connectivity index (χ4n) is 3.86. The lowest BCUT2D eigenvalue weighted by molar-refractivity contribution is 0.970. The van der Waals surface area contributed by atoms with Crippen molar-refractivity contribution in [1.29, 1.82) is 0 Å². The molecule has 4 aromatic rings. The van der Waals surface area contributed by atoms with Crippen molar-refractivity contribution in [3.8, 4) is 22.3 Å². The van der Waals surface area contributed by atoms with E-state index in [0.717, 1.165) is 6.42 Å². The number of hydrogen-bond acceptors (Lipinski definition) is 0. The summed E-state index contributed by atoms with van der Waals surface area (Å²) in [5.41, 5.74) is 9.59. The Balaban J connectivity index is 1.80. The van der Waals surface area contributed by atoms with Crippen LogP contribution in [0.2, 0.25) is 0 Å². The van der Waals surface area contributed by atoms with Crippen LogP contribution >= 0.6 is 0 Å². The molecule has 1 heterocycles. The summed E-state index contributed by atoms with van der Waals surface area (Å²) >= 11 is 0. The number of rotatable bonds is 1. The van der Waals surface area contributed by atoms with E-state index in [9.17, 15) is 0 Å². The van der Waals surface area contributed by atoms with Crippen molar-refractivity contribution in [3.63, 3.8) is 0 Å². The first kappa shape index (κ1) is 12.7. The van der Waals surface area contributed by atoms with Crippen LogP contribution in [0, 0.1) is 0 Å². The zero-order chi connectivity index (χ0) is 15.4. The van der Waals surface area contributed by atoms with Gasteiger partial charge in [0.2, 0.25) is 0 Å². The zero-order valence-electron chi connectivity index (χ0n) is 13.1. The van der Waals surface area contributed by atoms with Crippen molar-refractivity contribution in [2.24, 2.45) is 7.05 Å². The number of nitrogens with zero attached hydrogens (tertiary/aromatic N) is 1. The number of aryl methyl sites for hydroxylation is 1. The molecule has 0 saturated heterocycles. The molecule has 23 heavy (non-hydrogen) atoms. The molecule has 0 radical (unpaired) electrons. The minimum atomic E-state index is 1.05. The lowest BCUT2D eigenvalue weighted by Gasteiger charge is -2.04. The molecule has 0 spiro atoms. The van der Waals surface area contributed by atoms with Crippen LogP contribution in [0.15, 0.2) is 72.9 Å². The largest absolute Gasteiger partial charge is 0.350 e. The normalized spacial score (nSPS) is 12.4. The summed E-state index contributed by atoms with van der Waals surface area (Å²) in [6.07, 6.45) is 3.30. The van der Waals surface area contributed by atoms with Crippen molar-refractivity contribution in [2.75, 3.05) is 0 Å². The molecule has 1 heteroatoms. The molecular weight excluding hydrogens is 278 g/mol. The molecule has 1 aliphatic rings. The van der Waals surface area contributed by atoms with Gasteiger partial charge >= 0.3 is 0 Å². The topological polar surface area (TPSA) is 4.93 Å². The van der Waals surface area contributed by atoms with Gasteiger partial charge in [0.25, 0.3) is 0 Å². The van der Waals surface area contributed by atoms with Crippen LogP contribution in [0.4, 0.5) is 0 Å². The van der Waals surface area contributed by atoms with Crippen molar-refractivity contribution >= 4 is 10.9 Å². The molecule has 0 N–H and O–H groups in total. The van der Waals surface area contributed by atoms with E-state index < -0.39 is 0 Å². The van der Waals surface area contributed by atoms with Gasteiger partial charge in [0.05, 0.1) is 0 Å². The van der Waals surface area contributed by atoms with E-state index >= 15 is 0 Å². The highest BCUT2D eigenvalue weighted by Crippen LogP contribution is 2.41. The summed E-state index contributed by atoms with van der Waals surface area (Å²) in [7, 11) is 2.14. The van der Waals surface area contributed by atoms with Crippen LogP contribution in [0.25, 0.3) is 33.2 Å². The fraction of sp³-hybridized carbons (Fsp3) is 0.0909. The van der Waals surface area contributed by atoms with Gasteiger partial charge in [-0.05, 0) is 46.4 Å². The van der Waals surface area contributed by atoms with E-state index in [0.29, 0.717) is 0 Å². The third-order valence-corrected chi connectivity index (χ3v) is 4.99. The standard InChI is InChI=1S/C22H17N/c1-23-14-21(15-7-3-2-4-8-15)20-12-17-11-16-9-5-6-10-18(16)19(17)13-22(20)23/h2-10,12-14H,11H2,1H3. The maximum atomic E-state index is 2.40. The van der Waals surface area contributed by atoms with E-state index in [1.807, 2.05) is 0 Å². The summed E-state index contributed by atoms with van der Waals surface area (Å²) in [6.45, 7) is 0. The molecular formula is C22H17N. The van der Waals surface area contributed by atoms with Gasteiger partial charge in [-0.3, -0.25) is 0 Å². The van der Waals surface area contributed by atoms with Gasteiger partial charge in [0.15, 0.2) is 0 Å². The Hall–Kier alpha value is -2.80. The van der Waals surface area contributed by atoms with Gasteiger partial charge in [-0.1, -0.05) is 54.6 Å². The Labute approximate surface area is 135 Å². The predicted octanol–water partition coefficient (Wildman–Crippen LogP) is 5.42. The summed E-state index contributed by atoms with van der Waals surface area (Å²) < 4.78 is 2.25. The molecule has 0 bridgehead atoms. The van der Waals surface area contributed by atoms with Crippen LogP contribution in [-0.4, -0.2) is 4.57 Å². The number of benzene rings is 3. The molecule has 0 amide bonds. The molecule has 0 unspecified atom stereocenters. The van der Waals surface area contributed by atoms with E-state index in [4.69, 9.17) is 0 Å². The third kappa shape index (κ3) is 1.80. The molecule has 1 nitrogen and oxygen atoms in total. The van der Waals surface area contributed by atoms with Gasteiger partial charge in [-0.15, -0.1) is 0 Å². The van der Waals surface area contributed by atoms with Crippen LogP contribution in [0.5, 0.6) is 0 Å². The third-order valence-electron chi connectivity index (χ3n) is 4.99. The first-order valence-electron chi connectivity index (χ1n) is 8.07. The molecule has 110 valence electrons. The minimum Gasteiger partial charge on any atom is -0.350 e. The van der Waals surface area contributed by atoms with Crippen LogP contribution in [-0.2, 0) is 13.5 Å². The van der Waals surface area contributed by atoms with Crippen LogP contribution in [0.1, 0.15) is 11.1 Å². The van der Waals surface area contributed by atoms with E-state index in [-0.39, 0.29) is 0 Å². The fourth-order valence-corrected chi connectivity index (χ4v) is 3.86. The minimum absolute atomic E-state index is 1.05. The molecule has 0 atom stereocenters. The highest BCUT2D eigenvalue weighted by atomic mass is 14.9. The van der Waals surface area contributed by atoms with Gasteiger partial charge in [-0.2, -0.15) is 0 Å². The zero-order valence-corrected chi connectivity index (χ0v) is 13.1. The smallest absolute Gasteiger partial charge is 0.0490 e. The van der Waals surface area contributed by atoms with Crippen molar-refractivity contribution < 1.29 is 0 Å². The Morgan fingerprint density at radius 1 is 0.739 bits per heavy atom. The van der Waals surface area contributed by atoms with Crippen molar-refractivity contribution in [3.05, 3.63) is 84.1 Å². The molecule has 1 aromatic heterocycles. The maximum absolute atomic E-state index is 2.40. The quantitative estimate of drug-likeness (QED) is 0.389. The number of hydrogen-bond donors (Lipinski definition) is 0. The van der Waals surface area contributed by atoms with E-state index in [1.165, 1.54) is 44.3 Å². The van der Waals surface area contributed by atoms with Crippen molar-refractivity contribution in [2.45, 2.75) is 6.42 Å². The number of aromatic nitrogens is 1. The molecule has 3 aromatic carbocycles. The lowest BCUT2D eigenvalue weighted by Crippen LogP contribution is -1.86.